The Labute approximate surface area is 212 Å². The Bertz CT molecular complexity index is 1470. The summed E-state index contributed by atoms with van der Waals surface area (Å²) < 4.78 is 31.6. The average molecular weight is 505 g/mol. The van der Waals surface area contributed by atoms with Crippen molar-refractivity contribution < 1.29 is 23.5 Å². The van der Waals surface area contributed by atoms with Gasteiger partial charge in [-0.05, 0) is 36.8 Å². The van der Waals surface area contributed by atoms with Gasteiger partial charge in [-0.3, -0.25) is 9.59 Å². The summed E-state index contributed by atoms with van der Waals surface area (Å²) in [4.78, 5) is 30.9. The summed E-state index contributed by atoms with van der Waals surface area (Å²) in [5.41, 5.74) is -1.22. The summed E-state index contributed by atoms with van der Waals surface area (Å²) in [5.74, 6) is -1.68. The summed E-state index contributed by atoms with van der Waals surface area (Å²) in [5, 5.41) is 15.0. The highest BCUT2D eigenvalue weighted by molar-refractivity contribution is 5.97. The Morgan fingerprint density at radius 3 is 2.24 bits per heavy atom. The number of rotatable bonds is 5. The molecule has 2 heterocycles. The molecular weight excluding hydrogens is 478 g/mol. The number of benzene rings is 3. The molecule has 2 amide bonds. The van der Waals surface area contributed by atoms with E-state index in [-0.39, 0.29) is 34.8 Å². The number of nitrogens with one attached hydrogen (secondary N) is 1. The second-order valence-corrected chi connectivity index (χ2v) is 9.35. The van der Waals surface area contributed by atoms with Crippen molar-refractivity contribution in [2.75, 3.05) is 13.6 Å². The van der Waals surface area contributed by atoms with Gasteiger partial charge in [0.25, 0.3) is 5.91 Å². The maximum absolute atomic E-state index is 15.0. The number of nitrogens with zero attached hydrogens (tertiary/aromatic N) is 3. The van der Waals surface area contributed by atoms with Crippen LogP contribution in [0.25, 0.3) is 11.0 Å². The molecule has 4 aromatic rings. The van der Waals surface area contributed by atoms with Crippen molar-refractivity contribution in [3.8, 4) is 0 Å². The second-order valence-electron chi connectivity index (χ2n) is 9.35. The van der Waals surface area contributed by atoms with Gasteiger partial charge in [-0.25, -0.2) is 13.8 Å². The Kier molecular flexibility index (Phi) is 6.25. The van der Waals surface area contributed by atoms with E-state index in [1.807, 2.05) is 0 Å². The molecule has 1 aliphatic heterocycles. The van der Waals surface area contributed by atoms with Gasteiger partial charge in [0.05, 0.1) is 11.0 Å². The van der Waals surface area contributed by atoms with Crippen LogP contribution in [0, 0.1) is 11.6 Å². The summed E-state index contributed by atoms with van der Waals surface area (Å²) >= 11 is 0. The second kappa shape index (κ2) is 9.40. The first kappa shape index (κ1) is 24.6. The lowest BCUT2D eigenvalue weighted by molar-refractivity contribution is -0.132. The number of hydrogen-bond acceptors (Lipinski definition) is 4. The molecule has 37 heavy (non-hydrogen) atoms. The number of amides is 2. The number of imidazole rings is 1. The van der Waals surface area contributed by atoms with E-state index in [1.54, 1.807) is 49.3 Å². The van der Waals surface area contributed by atoms with Crippen LogP contribution in [0.3, 0.4) is 0 Å². The topological polar surface area (TPSA) is 87.5 Å². The molecule has 3 aromatic carbocycles. The van der Waals surface area contributed by atoms with Gasteiger partial charge >= 0.3 is 0 Å². The van der Waals surface area contributed by atoms with Crippen LogP contribution >= 0.6 is 0 Å². The fourth-order valence-electron chi connectivity index (χ4n) is 4.95. The lowest BCUT2D eigenvalue weighted by Crippen LogP contribution is -2.48. The van der Waals surface area contributed by atoms with E-state index in [9.17, 15) is 14.7 Å². The number of hydrogen-bond donors (Lipinski definition) is 2. The van der Waals surface area contributed by atoms with Crippen LogP contribution in [0.15, 0.2) is 66.7 Å². The number of aryl methyl sites for hydroxylation is 1. The number of carbonyl (C=O) groups excluding carboxylic acids is 2. The summed E-state index contributed by atoms with van der Waals surface area (Å²) in [6.45, 7) is 0.432. The summed E-state index contributed by atoms with van der Waals surface area (Å²) in [7, 11) is 3.33. The van der Waals surface area contributed by atoms with Gasteiger partial charge in [-0.15, -0.1) is 0 Å². The first-order chi connectivity index (χ1) is 17.7. The monoisotopic (exact) mass is 504 g/mol. The number of likely N-dealkylation sites (tertiary alicyclic amines) is 1. The Balaban J connectivity index is 1.58. The number of likely N-dealkylation sites (N-methyl/N-ethyl adjacent to an activating group) is 1. The van der Waals surface area contributed by atoms with E-state index < -0.39 is 17.2 Å². The highest BCUT2D eigenvalue weighted by atomic mass is 19.1. The van der Waals surface area contributed by atoms with Crippen molar-refractivity contribution in [2.45, 2.75) is 24.5 Å². The molecule has 0 bridgehead atoms. The van der Waals surface area contributed by atoms with Gasteiger partial charge in [-0.2, -0.15) is 0 Å². The van der Waals surface area contributed by atoms with E-state index >= 15 is 8.78 Å². The third-order valence-corrected chi connectivity index (χ3v) is 6.96. The molecule has 5 rings (SSSR count). The zero-order valence-corrected chi connectivity index (χ0v) is 20.4. The smallest absolute Gasteiger partial charge is 0.251 e. The zero-order valence-electron chi connectivity index (χ0n) is 20.4. The number of piperidine rings is 1. The summed E-state index contributed by atoms with van der Waals surface area (Å²) in [6.07, 6.45) is 0.932. The van der Waals surface area contributed by atoms with Gasteiger partial charge in [-0.1, -0.05) is 36.4 Å². The van der Waals surface area contributed by atoms with E-state index in [4.69, 9.17) is 0 Å². The van der Waals surface area contributed by atoms with Crippen LogP contribution in [0.2, 0.25) is 0 Å². The Morgan fingerprint density at radius 2 is 1.65 bits per heavy atom. The number of aromatic nitrogens is 2. The van der Waals surface area contributed by atoms with Crippen LogP contribution in [-0.4, -0.2) is 51.0 Å². The van der Waals surface area contributed by atoms with Gasteiger partial charge in [0, 0.05) is 49.8 Å². The van der Waals surface area contributed by atoms with Crippen molar-refractivity contribution >= 4 is 22.8 Å². The van der Waals surface area contributed by atoms with Crippen LogP contribution < -0.4 is 5.32 Å². The van der Waals surface area contributed by atoms with Gasteiger partial charge < -0.3 is 19.9 Å². The molecule has 0 saturated carbocycles. The molecule has 190 valence electrons. The van der Waals surface area contributed by atoms with Crippen LogP contribution in [0.5, 0.6) is 0 Å². The quantitative estimate of drug-likeness (QED) is 0.436. The van der Waals surface area contributed by atoms with E-state index in [2.05, 4.69) is 10.3 Å². The van der Waals surface area contributed by atoms with Gasteiger partial charge in [0.15, 0.2) is 11.4 Å². The van der Waals surface area contributed by atoms with E-state index in [1.165, 1.54) is 41.0 Å². The van der Waals surface area contributed by atoms with Crippen molar-refractivity contribution in [3.63, 3.8) is 0 Å². The minimum atomic E-state index is -2.24. The van der Waals surface area contributed by atoms with E-state index in [0.29, 0.717) is 36.0 Å². The molecule has 2 N–H and O–H groups in total. The largest absolute Gasteiger partial charge is 0.373 e. The number of aliphatic hydroxyl groups is 1. The lowest BCUT2D eigenvalue weighted by Gasteiger charge is -2.30. The van der Waals surface area contributed by atoms with Crippen LogP contribution in [-0.2, 0) is 17.4 Å². The predicted molar refractivity (Wildman–Crippen MR) is 134 cm³/mol. The van der Waals surface area contributed by atoms with Crippen LogP contribution in [0.1, 0.15) is 40.2 Å². The minimum absolute atomic E-state index is 0.00248. The molecule has 7 nitrogen and oxygen atoms in total. The molecule has 0 spiro atoms. The molecule has 1 saturated heterocycles. The highest BCUT2D eigenvalue weighted by Gasteiger charge is 2.42. The molecule has 1 aliphatic rings. The molecule has 0 aliphatic carbocycles. The SMILES string of the molecule is CN1C[C@H](NC(=O)c2ccc3nc(C(O)(c4ccccc4F)c4ccccc4F)n(C)c3c2)CCC1=O. The third-order valence-electron chi connectivity index (χ3n) is 6.96. The van der Waals surface area contributed by atoms with E-state index in [0.717, 1.165) is 0 Å². The summed E-state index contributed by atoms with van der Waals surface area (Å²) in [6, 6.07) is 16.0. The van der Waals surface area contributed by atoms with Crippen molar-refractivity contribution in [1.29, 1.82) is 0 Å². The molecule has 9 heteroatoms. The fraction of sp³-hybridized carbons (Fsp3) is 0.250. The standard InChI is InChI=1S/C28H26F2N4O3/c1-33-16-18(12-14-25(33)35)31-26(36)17-11-13-23-24(15-17)34(2)27(32-23)28(37,19-7-3-5-9-21(19)29)20-8-4-6-10-22(20)30/h3-11,13,15,18,37H,12,14,16H2,1-2H3,(H,31,36)/t18-/m1/s1. The number of fused-ring (bicyclic) bond motifs is 1. The van der Waals surface area contributed by atoms with Crippen LogP contribution in [0.4, 0.5) is 8.78 Å². The van der Waals surface area contributed by atoms with Gasteiger partial charge in [0.1, 0.15) is 11.6 Å². The zero-order chi connectivity index (χ0) is 26.3. The average Bonchev–Trinajstić information content (AvgIpc) is 3.22. The maximum atomic E-state index is 15.0. The minimum Gasteiger partial charge on any atom is -0.373 e. The molecule has 1 atom stereocenters. The predicted octanol–water partition coefficient (Wildman–Crippen LogP) is 3.49. The lowest BCUT2D eigenvalue weighted by atomic mass is 9.84. The number of carbonyl (C=O) groups is 2. The molecule has 0 unspecified atom stereocenters. The number of halogens is 2. The molecular formula is C28H26F2N4O3. The molecule has 0 radical (unpaired) electrons. The fourth-order valence-corrected chi connectivity index (χ4v) is 4.95. The third kappa shape index (κ3) is 4.25. The van der Waals surface area contributed by atoms with Crippen molar-refractivity contribution in [3.05, 3.63) is 101 Å². The van der Waals surface area contributed by atoms with Crippen molar-refractivity contribution in [2.24, 2.45) is 7.05 Å². The first-order valence-corrected chi connectivity index (χ1v) is 11.9. The van der Waals surface area contributed by atoms with Gasteiger partial charge in [0.2, 0.25) is 5.91 Å². The molecule has 1 aromatic heterocycles. The molecule has 1 fully saturated rings. The maximum Gasteiger partial charge on any atom is 0.251 e. The normalized spacial score (nSPS) is 16.3. The highest BCUT2D eigenvalue weighted by Crippen LogP contribution is 2.39. The first-order valence-electron chi connectivity index (χ1n) is 11.9. The Hall–Kier alpha value is -4.11. The van der Waals surface area contributed by atoms with Crippen molar-refractivity contribution in [1.82, 2.24) is 19.8 Å². The Morgan fingerprint density at radius 1 is 1.03 bits per heavy atom.